The van der Waals surface area contributed by atoms with Gasteiger partial charge in [0, 0.05) is 17.9 Å². The molecular weight excluding hydrogens is 342 g/mol. The standard InChI is InChI=1S/C13H12BrN3O2S/c1-17-11(18)5-4-9(12(17)19)16-13-15-8-3-2-7(14)6-10(8)20-13/h2-3,6,9H,4-5H2,1H3,(H,15,16). The van der Waals surface area contributed by atoms with E-state index >= 15 is 0 Å². The topological polar surface area (TPSA) is 62.3 Å². The number of imide groups is 1. The van der Waals surface area contributed by atoms with Crippen molar-refractivity contribution in [2.75, 3.05) is 12.4 Å². The van der Waals surface area contributed by atoms with Crippen LogP contribution in [0, 0.1) is 0 Å². The molecule has 1 atom stereocenters. The van der Waals surface area contributed by atoms with E-state index in [9.17, 15) is 9.59 Å². The molecule has 5 nitrogen and oxygen atoms in total. The Bertz CT molecular complexity index is 700. The van der Waals surface area contributed by atoms with Crippen molar-refractivity contribution in [3.8, 4) is 0 Å². The zero-order valence-electron chi connectivity index (χ0n) is 10.7. The third-order valence-electron chi connectivity index (χ3n) is 3.30. The zero-order valence-corrected chi connectivity index (χ0v) is 13.1. The zero-order chi connectivity index (χ0) is 14.3. The third-order valence-corrected chi connectivity index (χ3v) is 4.74. The van der Waals surface area contributed by atoms with Gasteiger partial charge in [0.1, 0.15) is 6.04 Å². The summed E-state index contributed by atoms with van der Waals surface area (Å²) >= 11 is 4.93. The van der Waals surface area contributed by atoms with Gasteiger partial charge in [0.2, 0.25) is 5.91 Å². The number of benzene rings is 1. The lowest BCUT2D eigenvalue weighted by molar-refractivity contribution is -0.146. The number of nitrogens with one attached hydrogen (secondary N) is 1. The Balaban J connectivity index is 1.82. The van der Waals surface area contributed by atoms with E-state index in [0.717, 1.165) is 14.7 Å². The van der Waals surface area contributed by atoms with Crippen LogP contribution in [0.15, 0.2) is 22.7 Å². The summed E-state index contributed by atoms with van der Waals surface area (Å²) in [5, 5.41) is 3.85. The Morgan fingerprint density at radius 2 is 2.25 bits per heavy atom. The van der Waals surface area contributed by atoms with Gasteiger partial charge in [0.25, 0.3) is 5.91 Å². The van der Waals surface area contributed by atoms with Crippen LogP contribution < -0.4 is 5.32 Å². The number of hydrogen-bond donors (Lipinski definition) is 1. The molecule has 2 heterocycles. The van der Waals surface area contributed by atoms with E-state index in [0.29, 0.717) is 18.0 Å². The molecule has 104 valence electrons. The van der Waals surface area contributed by atoms with Crippen molar-refractivity contribution in [2.45, 2.75) is 18.9 Å². The molecule has 1 aromatic carbocycles. The predicted molar refractivity (Wildman–Crippen MR) is 81.7 cm³/mol. The van der Waals surface area contributed by atoms with Crippen LogP contribution in [0.1, 0.15) is 12.8 Å². The van der Waals surface area contributed by atoms with E-state index in [-0.39, 0.29) is 17.9 Å². The normalized spacial score (nSPS) is 19.7. The van der Waals surface area contributed by atoms with Gasteiger partial charge >= 0.3 is 0 Å². The van der Waals surface area contributed by atoms with E-state index in [1.54, 1.807) is 0 Å². The molecule has 1 aliphatic heterocycles. The Morgan fingerprint density at radius 1 is 1.45 bits per heavy atom. The molecule has 2 amide bonds. The second-order valence-corrected chi connectivity index (χ2v) is 6.60. The summed E-state index contributed by atoms with van der Waals surface area (Å²) < 4.78 is 2.05. The van der Waals surface area contributed by atoms with Gasteiger partial charge in [-0.25, -0.2) is 4.98 Å². The molecular formula is C13H12BrN3O2S. The van der Waals surface area contributed by atoms with E-state index in [1.807, 2.05) is 18.2 Å². The van der Waals surface area contributed by atoms with Crippen molar-refractivity contribution in [3.63, 3.8) is 0 Å². The number of rotatable bonds is 2. The van der Waals surface area contributed by atoms with Crippen LogP contribution in [0.2, 0.25) is 0 Å². The van der Waals surface area contributed by atoms with Crippen LogP contribution >= 0.6 is 27.3 Å². The number of halogens is 1. The molecule has 1 aromatic heterocycles. The third kappa shape index (κ3) is 2.43. The first-order valence-electron chi connectivity index (χ1n) is 6.17. The highest BCUT2D eigenvalue weighted by Gasteiger charge is 2.32. The minimum absolute atomic E-state index is 0.124. The van der Waals surface area contributed by atoms with Crippen LogP contribution in [-0.2, 0) is 9.59 Å². The minimum atomic E-state index is -0.373. The predicted octanol–water partition coefficient (Wildman–Crippen LogP) is 2.62. The van der Waals surface area contributed by atoms with Crippen molar-refractivity contribution >= 4 is 54.4 Å². The first kappa shape index (κ1) is 13.5. The number of anilines is 1. The number of hydrogen-bond acceptors (Lipinski definition) is 5. The summed E-state index contributed by atoms with van der Waals surface area (Å²) in [6.45, 7) is 0. The quantitative estimate of drug-likeness (QED) is 0.843. The van der Waals surface area contributed by atoms with Crippen LogP contribution in [0.4, 0.5) is 5.13 Å². The number of likely N-dealkylation sites (N-methyl/N-ethyl adjacent to an activating group) is 1. The Labute approximate surface area is 128 Å². The van der Waals surface area contributed by atoms with Crippen molar-refractivity contribution in [2.24, 2.45) is 0 Å². The Kier molecular flexibility index (Phi) is 3.47. The number of aromatic nitrogens is 1. The average molecular weight is 354 g/mol. The molecule has 7 heteroatoms. The molecule has 0 saturated carbocycles. The van der Waals surface area contributed by atoms with E-state index in [4.69, 9.17) is 0 Å². The number of piperidine rings is 1. The van der Waals surface area contributed by atoms with Gasteiger partial charge in [-0.3, -0.25) is 14.5 Å². The Morgan fingerprint density at radius 3 is 3.05 bits per heavy atom. The monoisotopic (exact) mass is 353 g/mol. The van der Waals surface area contributed by atoms with Crippen LogP contribution in [0.3, 0.4) is 0 Å². The molecule has 3 rings (SSSR count). The molecule has 1 unspecified atom stereocenters. The number of amides is 2. The Hall–Kier alpha value is -1.47. The number of nitrogens with zero attached hydrogens (tertiary/aromatic N) is 2. The second-order valence-electron chi connectivity index (χ2n) is 4.66. The van der Waals surface area contributed by atoms with Gasteiger partial charge in [-0.2, -0.15) is 0 Å². The van der Waals surface area contributed by atoms with E-state index < -0.39 is 0 Å². The lowest BCUT2D eigenvalue weighted by Crippen LogP contribution is -2.48. The first-order valence-corrected chi connectivity index (χ1v) is 7.78. The van der Waals surface area contributed by atoms with Gasteiger partial charge in [0.15, 0.2) is 5.13 Å². The molecule has 20 heavy (non-hydrogen) atoms. The molecule has 0 bridgehead atoms. The lowest BCUT2D eigenvalue weighted by atomic mass is 10.1. The second kappa shape index (κ2) is 5.14. The summed E-state index contributed by atoms with van der Waals surface area (Å²) in [6, 6.07) is 5.49. The van der Waals surface area contributed by atoms with Gasteiger partial charge in [-0.15, -0.1) is 0 Å². The highest BCUT2D eigenvalue weighted by Crippen LogP contribution is 2.29. The molecule has 0 spiro atoms. The number of fused-ring (bicyclic) bond motifs is 1. The van der Waals surface area contributed by atoms with Crippen molar-refractivity contribution in [3.05, 3.63) is 22.7 Å². The molecule has 1 saturated heterocycles. The molecule has 1 fully saturated rings. The maximum absolute atomic E-state index is 12.0. The molecule has 2 aromatic rings. The molecule has 0 radical (unpaired) electrons. The number of likely N-dealkylation sites (tertiary alicyclic amines) is 1. The summed E-state index contributed by atoms with van der Waals surface area (Å²) in [5.74, 6) is -0.317. The smallest absolute Gasteiger partial charge is 0.251 e. The maximum Gasteiger partial charge on any atom is 0.251 e. The summed E-state index contributed by atoms with van der Waals surface area (Å²) in [7, 11) is 1.52. The molecule has 1 N–H and O–H groups in total. The van der Waals surface area contributed by atoms with Crippen molar-refractivity contribution in [1.29, 1.82) is 0 Å². The largest absolute Gasteiger partial charge is 0.350 e. The number of thiazole rings is 1. The van der Waals surface area contributed by atoms with E-state index in [1.165, 1.54) is 23.3 Å². The van der Waals surface area contributed by atoms with Crippen LogP contribution in [-0.4, -0.2) is 34.8 Å². The van der Waals surface area contributed by atoms with Crippen LogP contribution in [0.25, 0.3) is 10.2 Å². The highest BCUT2D eigenvalue weighted by atomic mass is 79.9. The summed E-state index contributed by atoms with van der Waals surface area (Å²) in [6.07, 6.45) is 0.901. The first-order chi connectivity index (χ1) is 9.54. The maximum atomic E-state index is 12.0. The average Bonchev–Trinajstić information content (AvgIpc) is 2.81. The fourth-order valence-corrected chi connectivity index (χ4v) is 3.63. The van der Waals surface area contributed by atoms with Crippen molar-refractivity contribution < 1.29 is 9.59 Å². The van der Waals surface area contributed by atoms with Gasteiger partial charge in [-0.05, 0) is 24.6 Å². The minimum Gasteiger partial charge on any atom is -0.350 e. The lowest BCUT2D eigenvalue weighted by Gasteiger charge is -2.27. The van der Waals surface area contributed by atoms with E-state index in [2.05, 4.69) is 26.2 Å². The number of carbonyl (C=O) groups is 2. The van der Waals surface area contributed by atoms with Crippen LogP contribution in [0.5, 0.6) is 0 Å². The highest BCUT2D eigenvalue weighted by molar-refractivity contribution is 9.10. The van der Waals surface area contributed by atoms with Gasteiger partial charge in [0.05, 0.1) is 10.2 Å². The van der Waals surface area contributed by atoms with Crippen molar-refractivity contribution in [1.82, 2.24) is 9.88 Å². The molecule has 0 aliphatic carbocycles. The molecule has 1 aliphatic rings. The number of carbonyl (C=O) groups excluding carboxylic acids is 2. The fourth-order valence-electron chi connectivity index (χ4n) is 2.16. The fraction of sp³-hybridized carbons (Fsp3) is 0.308. The van der Waals surface area contributed by atoms with Gasteiger partial charge in [-0.1, -0.05) is 27.3 Å². The SMILES string of the molecule is CN1C(=O)CCC(Nc2nc3ccc(Br)cc3s2)C1=O. The van der Waals surface area contributed by atoms with Gasteiger partial charge < -0.3 is 5.32 Å². The summed E-state index contributed by atoms with van der Waals surface area (Å²) in [4.78, 5) is 29.1. The summed E-state index contributed by atoms with van der Waals surface area (Å²) in [5.41, 5.74) is 0.897.